The van der Waals surface area contributed by atoms with E-state index in [1.165, 1.54) is 48.9 Å². The Kier molecular flexibility index (Phi) is 7.64. The van der Waals surface area contributed by atoms with Crippen LogP contribution in [0.5, 0.6) is 0 Å². The summed E-state index contributed by atoms with van der Waals surface area (Å²) in [6.45, 7) is 3.03. The number of pyridine rings is 1. The molecule has 214 valence electrons. The van der Waals surface area contributed by atoms with Crippen LogP contribution in [0.15, 0.2) is 99.1 Å². The second-order valence-electron chi connectivity index (χ2n) is 9.49. The third-order valence-electron chi connectivity index (χ3n) is 6.51. The molecule has 0 aliphatic rings. The van der Waals surface area contributed by atoms with Crippen LogP contribution in [0.1, 0.15) is 23.2 Å². The second-order valence-corrected chi connectivity index (χ2v) is 11.2. The van der Waals surface area contributed by atoms with Crippen LogP contribution in [-0.4, -0.2) is 36.1 Å². The number of nitrogens with zero attached hydrogens (tertiary/aromatic N) is 2. The van der Waals surface area contributed by atoms with Gasteiger partial charge < -0.3 is 19.1 Å². The van der Waals surface area contributed by atoms with Crippen molar-refractivity contribution in [2.45, 2.75) is 24.8 Å². The highest BCUT2D eigenvalue weighted by atomic mass is 32.2. The van der Waals surface area contributed by atoms with Gasteiger partial charge in [0, 0.05) is 29.8 Å². The first-order valence-corrected chi connectivity index (χ1v) is 14.3. The van der Waals surface area contributed by atoms with Gasteiger partial charge in [-0.15, -0.1) is 0 Å². The molecule has 0 spiro atoms. The normalized spacial score (nSPS) is 12.1. The predicted molar refractivity (Wildman–Crippen MR) is 157 cm³/mol. The summed E-state index contributed by atoms with van der Waals surface area (Å²) in [6, 6.07) is 23.0. The van der Waals surface area contributed by atoms with Gasteiger partial charge in [-0.2, -0.15) is 0 Å². The minimum Gasteiger partial charge on any atom is -0.448 e. The predicted octanol–water partition coefficient (Wildman–Crippen LogP) is 4.49. The van der Waals surface area contributed by atoms with Gasteiger partial charge in [0.05, 0.1) is 4.90 Å². The van der Waals surface area contributed by atoms with E-state index in [-0.39, 0.29) is 27.7 Å². The fraction of sp³-hybridized carbons (Fsp3) is 0.133. The number of rotatable bonds is 8. The number of anilines is 2. The van der Waals surface area contributed by atoms with E-state index in [0.717, 1.165) is 0 Å². The molecule has 0 saturated carbocycles. The zero-order valence-corrected chi connectivity index (χ0v) is 23.6. The van der Waals surface area contributed by atoms with Crippen molar-refractivity contribution >= 4 is 44.2 Å². The number of hydrogen-bond donors (Lipinski definition) is 2. The van der Waals surface area contributed by atoms with Crippen LogP contribution in [0.2, 0.25) is 0 Å². The monoisotopic (exact) mass is 586 g/mol. The lowest BCUT2D eigenvalue weighted by Crippen LogP contribution is -2.33. The van der Waals surface area contributed by atoms with Crippen LogP contribution < -0.4 is 15.6 Å². The minimum absolute atomic E-state index is 0.00826. The van der Waals surface area contributed by atoms with E-state index in [2.05, 4.69) is 15.2 Å². The maximum atomic E-state index is 13.5. The van der Waals surface area contributed by atoms with Crippen molar-refractivity contribution in [1.29, 1.82) is 0 Å². The summed E-state index contributed by atoms with van der Waals surface area (Å²) in [5.74, 6) is -1.01. The quantitative estimate of drug-likeness (QED) is 0.253. The maximum Gasteiger partial charge on any atom is 0.356 e. The molecule has 2 N–H and O–H groups in total. The number of carbonyl (C=O) groups excluding carboxylic acids is 2. The average Bonchev–Trinajstić information content (AvgIpc) is 3.38. The molecule has 12 heteroatoms. The van der Waals surface area contributed by atoms with Crippen LogP contribution >= 0.6 is 0 Å². The fourth-order valence-electron chi connectivity index (χ4n) is 4.44. The van der Waals surface area contributed by atoms with Crippen molar-refractivity contribution in [3.63, 3.8) is 0 Å². The molecule has 0 aliphatic heterocycles. The fourth-order valence-corrected chi connectivity index (χ4v) is 5.43. The third kappa shape index (κ3) is 5.65. The second kappa shape index (κ2) is 11.3. The number of amides is 1. The lowest BCUT2D eigenvalue weighted by molar-refractivity contribution is -0.123. The van der Waals surface area contributed by atoms with Crippen molar-refractivity contribution in [3.8, 4) is 11.1 Å². The molecule has 0 saturated heterocycles. The van der Waals surface area contributed by atoms with E-state index in [1.54, 1.807) is 31.2 Å². The Hall–Kier alpha value is -5.23. The molecule has 2 aromatic heterocycles. The van der Waals surface area contributed by atoms with Crippen molar-refractivity contribution in [3.05, 3.63) is 107 Å². The molecule has 0 radical (unpaired) electrons. The van der Waals surface area contributed by atoms with E-state index in [0.29, 0.717) is 27.7 Å². The zero-order chi connectivity index (χ0) is 30.0. The summed E-state index contributed by atoms with van der Waals surface area (Å²) in [7, 11) is -2.46. The molecule has 5 aromatic rings. The van der Waals surface area contributed by atoms with Crippen molar-refractivity contribution in [1.82, 2.24) is 9.72 Å². The zero-order valence-electron chi connectivity index (χ0n) is 22.8. The Bertz CT molecular complexity index is 1970. The van der Waals surface area contributed by atoms with Crippen LogP contribution in [0, 0.1) is 6.92 Å². The first-order valence-electron chi connectivity index (χ1n) is 12.8. The first-order chi connectivity index (χ1) is 20.0. The maximum absolute atomic E-state index is 13.5. The first kappa shape index (κ1) is 28.3. The topological polar surface area (TPSA) is 150 Å². The number of nitrogens with one attached hydrogen (secondary N) is 2. The van der Waals surface area contributed by atoms with Gasteiger partial charge in [0.1, 0.15) is 11.5 Å². The van der Waals surface area contributed by atoms with Gasteiger partial charge in [-0.3, -0.25) is 14.3 Å². The van der Waals surface area contributed by atoms with Gasteiger partial charge in [-0.25, -0.2) is 13.2 Å². The smallest absolute Gasteiger partial charge is 0.356 e. The molecule has 1 unspecified atom stereocenters. The van der Waals surface area contributed by atoms with Gasteiger partial charge in [0.25, 0.3) is 21.5 Å². The lowest BCUT2D eigenvalue weighted by atomic mass is 9.97. The summed E-state index contributed by atoms with van der Waals surface area (Å²) < 4.78 is 39.2. The van der Waals surface area contributed by atoms with Crippen molar-refractivity contribution in [2.24, 2.45) is 7.05 Å². The highest BCUT2D eigenvalue weighted by Gasteiger charge is 2.26. The molecule has 11 nitrogen and oxygen atoms in total. The molecule has 0 bridgehead atoms. The Balaban J connectivity index is 1.35. The lowest BCUT2D eigenvalue weighted by Gasteiger charge is -2.19. The molecule has 5 rings (SSSR count). The number of carbonyl (C=O) groups is 2. The SMILES string of the molecule is Cc1cc(NS(=O)(=O)c2ccc(NC(=O)C(C)OC(=O)c3c(-c4ccccc4)c4ccccc4c(=O)n3C)cc2)no1. The molecule has 2 heterocycles. The summed E-state index contributed by atoms with van der Waals surface area (Å²) in [5, 5.41) is 7.24. The van der Waals surface area contributed by atoms with E-state index in [4.69, 9.17) is 9.26 Å². The number of ether oxygens (including phenoxy) is 1. The summed E-state index contributed by atoms with van der Waals surface area (Å²) >= 11 is 0. The highest BCUT2D eigenvalue weighted by Crippen LogP contribution is 2.31. The van der Waals surface area contributed by atoms with Crippen LogP contribution in [0.4, 0.5) is 11.5 Å². The van der Waals surface area contributed by atoms with Gasteiger partial charge in [-0.1, -0.05) is 53.7 Å². The molecule has 3 aromatic carbocycles. The Morgan fingerprint density at radius 1 is 0.952 bits per heavy atom. The number of aryl methyl sites for hydroxylation is 1. The number of aromatic nitrogens is 2. The number of esters is 1. The summed E-state index contributed by atoms with van der Waals surface area (Å²) in [5.41, 5.74) is 1.13. The molecule has 0 aliphatic carbocycles. The van der Waals surface area contributed by atoms with E-state index in [1.807, 2.05) is 30.3 Å². The van der Waals surface area contributed by atoms with Crippen molar-refractivity contribution in [2.75, 3.05) is 10.0 Å². The van der Waals surface area contributed by atoms with Gasteiger partial charge in [0.2, 0.25) is 0 Å². The number of hydrogen-bond acceptors (Lipinski definition) is 8. The number of benzene rings is 3. The third-order valence-corrected chi connectivity index (χ3v) is 7.88. The van der Waals surface area contributed by atoms with Gasteiger partial charge in [0.15, 0.2) is 11.9 Å². The molecule has 42 heavy (non-hydrogen) atoms. The van der Waals surface area contributed by atoms with Gasteiger partial charge >= 0.3 is 5.97 Å². The molecule has 0 fully saturated rings. The Morgan fingerprint density at radius 2 is 1.60 bits per heavy atom. The van der Waals surface area contributed by atoms with Crippen LogP contribution in [0.25, 0.3) is 21.9 Å². The van der Waals surface area contributed by atoms with Crippen LogP contribution in [-0.2, 0) is 26.6 Å². The Morgan fingerprint density at radius 3 is 2.24 bits per heavy atom. The summed E-state index contributed by atoms with van der Waals surface area (Å²) in [6.07, 6.45) is -1.25. The Labute approximate surface area is 240 Å². The van der Waals surface area contributed by atoms with E-state index in [9.17, 15) is 22.8 Å². The highest BCUT2D eigenvalue weighted by molar-refractivity contribution is 7.92. The molecular weight excluding hydrogens is 560 g/mol. The summed E-state index contributed by atoms with van der Waals surface area (Å²) in [4.78, 5) is 39.5. The standard InChI is InChI=1S/C30H26N4O7S/c1-18-17-25(32-41-18)33-42(38,39)22-15-13-21(14-16-22)31-28(35)19(2)40-30(37)27-26(20-9-5-4-6-10-20)23-11-7-8-12-24(23)29(36)34(27)3/h4-17,19H,1-3H3,(H,31,35)(H,32,33). The van der Waals surface area contributed by atoms with E-state index >= 15 is 0 Å². The molecular formula is C30H26N4O7S. The van der Waals surface area contributed by atoms with E-state index < -0.39 is 28.0 Å². The van der Waals surface area contributed by atoms with Gasteiger partial charge in [-0.05, 0) is 55.1 Å². The average molecular weight is 587 g/mol. The largest absolute Gasteiger partial charge is 0.448 e. The van der Waals surface area contributed by atoms with Crippen molar-refractivity contribution < 1.29 is 27.3 Å². The number of sulfonamides is 1. The number of fused-ring (bicyclic) bond motifs is 1. The minimum atomic E-state index is -3.94. The molecule has 1 atom stereocenters. The molecule has 1 amide bonds. The van der Waals surface area contributed by atoms with Crippen LogP contribution in [0.3, 0.4) is 0 Å².